The van der Waals surface area contributed by atoms with E-state index in [1.54, 1.807) is 7.11 Å². The molecule has 0 aromatic carbocycles. The number of amides is 1. The van der Waals surface area contributed by atoms with Gasteiger partial charge < -0.3 is 15.0 Å². The lowest BCUT2D eigenvalue weighted by molar-refractivity contribution is -0.120. The van der Waals surface area contributed by atoms with Crippen molar-refractivity contribution in [3.63, 3.8) is 0 Å². The molecule has 0 saturated heterocycles. The molecule has 0 radical (unpaired) electrons. The number of hydrogen-bond acceptors (Lipinski definition) is 6. The van der Waals surface area contributed by atoms with Crippen LogP contribution < -0.4 is 10.9 Å². The van der Waals surface area contributed by atoms with Gasteiger partial charge in [0.15, 0.2) is 0 Å². The maximum absolute atomic E-state index is 12.2. The van der Waals surface area contributed by atoms with Gasteiger partial charge in [0.25, 0.3) is 5.56 Å². The van der Waals surface area contributed by atoms with E-state index in [0.29, 0.717) is 30.1 Å². The molecule has 1 atom stereocenters. The lowest BCUT2D eigenvalue weighted by atomic mass is 10.2. The number of ether oxygens (including phenoxy) is 1. The minimum atomic E-state index is -0.223. The molecule has 2 heterocycles. The van der Waals surface area contributed by atoms with Crippen LogP contribution in [0, 0.1) is 13.8 Å². The Bertz CT molecular complexity index is 754. The van der Waals surface area contributed by atoms with Crippen LogP contribution in [0.25, 0.3) is 10.2 Å². The molecule has 2 N–H and O–H groups in total. The van der Waals surface area contributed by atoms with Gasteiger partial charge in [-0.3, -0.25) is 9.59 Å². The molecular weight excluding hydrogens is 334 g/mol. The van der Waals surface area contributed by atoms with E-state index in [9.17, 15) is 9.59 Å². The molecule has 2 rings (SSSR count). The number of H-pyrrole nitrogens is 1. The van der Waals surface area contributed by atoms with Gasteiger partial charge >= 0.3 is 0 Å². The highest BCUT2D eigenvalue weighted by molar-refractivity contribution is 7.99. The summed E-state index contributed by atoms with van der Waals surface area (Å²) in [6.07, 6.45) is 0. The number of rotatable bonds is 7. The summed E-state index contributed by atoms with van der Waals surface area (Å²) in [6, 6.07) is 0. The molecule has 126 valence electrons. The summed E-state index contributed by atoms with van der Waals surface area (Å²) in [7, 11) is 1.59. The van der Waals surface area contributed by atoms with Crippen LogP contribution in [0.4, 0.5) is 0 Å². The number of hydrogen-bond donors (Lipinski definition) is 2. The molecule has 0 aliphatic rings. The predicted octanol–water partition coefficient (Wildman–Crippen LogP) is 1.99. The quantitative estimate of drug-likeness (QED) is 0.742. The molecule has 2 aromatic rings. The zero-order valence-corrected chi connectivity index (χ0v) is 15.3. The molecule has 0 saturated carbocycles. The number of thiophene rings is 1. The van der Waals surface area contributed by atoms with Crippen LogP contribution in [0.3, 0.4) is 0 Å². The summed E-state index contributed by atoms with van der Waals surface area (Å²) >= 11 is 2.97. The molecule has 23 heavy (non-hydrogen) atoms. The van der Waals surface area contributed by atoms with Gasteiger partial charge in [-0.2, -0.15) is 0 Å². The van der Waals surface area contributed by atoms with E-state index in [1.807, 2.05) is 20.8 Å². The maximum atomic E-state index is 12.2. The monoisotopic (exact) mass is 355 g/mol. The molecule has 8 heteroatoms. The number of aromatic amines is 1. The lowest BCUT2D eigenvalue weighted by Gasteiger charge is -2.11. The van der Waals surface area contributed by atoms with Crippen molar-refractivity contribution in [2.24, 2.45) is 0 Å². The fourth-order valence-electron chi connectivity index (χ4n) is 2.07. The highest BCUT2D eigenvalue weighted by Crippen LogP contribution is 2.26. The molecule has 0 bridgehead atoms. The average molecular weight is 355 g/mol. The molecule has 0 aliphatic carbocycles. The largest absolute Gasteiger partial charge is 0.383 e. The predicted molar refractivity (Wildman–Crippen MR) is 95.4 cm³/mol. The third-order valence-corrected chi connectivity index (χ3v) is 5.79. The Morgan fingerprint density at radius 3 is 2.91 bits per heavy atom. The van der Waals surface area contributed by atoms with Crippen LogP contribution in [0.5, 0.6) is 0 Å². The summed E-state index contributed by atoms with van der Waals surface area (Å²) < 4.78 is 4.90. The number of aryl methyl sites for hydroxylation is 2. The zero-order chi connectivity index (χ0) is 17.0. The summed E-state index contributed by atoms with van der Waals surface area (Å²) in [5, 5.41) is 3.25. The minimum Gasteiger partial charge on any atom is -0.383 e. The third-order valence-electron chi connectivity index (χ3n) is 3.53. The van der Waals surface area contributed by atoms with Crippen LogP contribution in [0.2, 0.25) is 0 Å². The lowest BCUT2D eigenvalue weighted by Crippen LogP contribution is -2.33. The van der Waals surface area contributed by atoms with Gasteiger partial charge in [-0.25, -0.2) is 4.98 Å². The van der Waals surface area contributed by atoms with E-state index in [-0.39, 0.29) is 16.7 Å². The van der Waals surface area contributed by atoms with E-state index in [4.69, 9.17) is 4.74 Å². The van der Waals surface area contributed by atoms with Gasteiger partial charge in [0.05, 0.1) is 23.0 Å². The highest BCUT2D eigenvalue weighted by Gasteiger charge is 2.15. The van der Waals surface area contributed by atoms with Crippen LogP contribution >= 0.6 is 23.1 Å². The number of thioether (sulfide) groups is 1. The number of methoxy groups -OCH3 is 1. The number of nitrogens with one attached hydrogen (secondary N) is 2. The maximum Gasteiger partial charge on any atom is 0.259 e. The second kappa shape index (κ2) is 7.94. The Hall–Kier alpha value is -1.38. The third kappa shape index (κ3) is 4.33. The van der Waals surface area contributed by atoms with Crippen molar-refractivity contribution in [1.29, 1.82) is 0 Å². The Labute approximate surface area is 143 Å². The van der Waals surface area contributed by atoms with Gasteiger partial charge in [0, 0.05) is 18.5 Å². The number of carbonyl (C=O) groups excluding carboxylic acids is 1. The van der Waals surface area contributed by atoms with Crippen molar-refractivity contribution >= 4 is 39.2 Å². The van der Waals surface area contributed by atoms with Gasteiger partial charge in [0.2, 0.25) is 5.91 Å². The molecule has 1 amide bonds. The minimum absolute atomic E-state index is 0.0433. The van der Waals surface area contributed by atoms with Crippen molar-refractivity contribution in [1.82, 2.24) is 15.3 Å². The number of aromatic nitrogens is 2. The van der Waals surface area contributed by atoms with Gasteiger partial charge in [-0.05, 0) is 26.3 Å². The zero-order valence-electron chi connectivity index (χ0n) is 13.7. The van der Waals surface area contributed by atoms with Gasteiger partial charge in [-0.1, -0.05) is 0 Å². The van der Waals surface area contributed by atoms with E-state index in [2.05, 4.69) is 15.3 Å². The Kier molecular flexibility index (Phi) is 6.20. The van der Waals surface area contributed by atoms with Crippen LogP contribution in [0.1, 0.15) is 23.2 Å². The molecular formula is C15H21N3O3S2. The smallest absolute Gasteiger partial charge is 0.259 e. The summed E-state index contributed by atoms with van der Waals surface area (Å²) in [5.74, 6) is 1.05. The fourth-order valence-corrected chi connectivity index (χ4v) is 3.90. The van der Waals surface area contributed by atoms with Crippen molar-refractivity contribution in [3.8, 4) is 0 Å². The van der Waals surface area contributed by atoms with Crippen molar-refractivity contribution in [3.05, 3.63) is 26.6 Å². The molecule has 0 aliphatic heterocycles. The second-order valence-electron chi connectivity index (χ2n) is 5.21. The standard InChI is InChI=1S/C15H21N3O3S2/c1-8-9(2)23-15-12(8)14(20)17-11(18-15)7-22-10(3)13(19)16-5-6-21-4/h10H,5-7H2,1-4H3,(H,16,19)(H,17,18,20)/t10-/m0/s1. The van der Waals surface area contributed by atoms with Crippen molar-refractivity contribution in [2.75, 3.05) is 20.3 Å². The number of nitrogens with zero attached hydrogens (tertiary/aromatic N) is 1. The topological polar surface area (TPSA) is 84.1 Å². The fraction of sp³-hybridized carbons (Fsp3) is 0.533. The Morgan fingerprint density at radius 2 is 2.22 bits per heavy atom. The van der Waals surface area contributed by atoms with Crippen LogP contribution in [0.15, 0.2) is 4.79 Å². The van der Waals surface area contributed by atoms with Crippen molar-refractivity contribution in [2.45, 2.75) is 31.8 Å². The molecule has 6 nitrogen and oxygen atoms in total. The Morgan fingerprint density at radius 1 is 1.48 bits per heavy atom. The van der Waals surface area contributed by atoms with Crippen LogP contribution in [-0.2, 0) is 15.3 Å². The first-order valence-corrected chi connectivity index (χ1v) is 9.17. The average Bonchev–Trinajstić information content (AvgIpc) is 2.80. The first kappa shape index (κ1) is 18.0. The van der Waals surface area contributed by atoms with Gasteiger partial charge in [-0.15, -0.1) is 23.1 Å². The summed E-state index contributed by atoms with van der Waals surface area (Å²) in [5.41, 5.74) is 0.883. The number of fused-ring (bicyclic) bond motifs is 1. The Balaban J connectivity index is 2.02. The van der Waals surface area contributed by atoms with E-state index in [0.717, 1.165) is 15.3 Å². The van der Waals surface area contributed by atoms with E-state index in [1.165, 1.54) is 23.1 Å². The molecule has 0 unspecified atom stereocenters. The van der Waals surface area contributed by atoms with Crippen LogP contribution in [-0.4, -0.2) is 41.4 Å². The summed E-state index contributed by atoms with van der Waals surface area (Å²) in [6.45, 7) is 6.75. The van der Waals surface area contributed by atoms with E-state index < -0.39 is 0 Å². The van der Waals surface area contributed by atoms with Crippen molar-refractivity contribution < 1.29 is 9.53 Å². The van der Waals surface area contributed by atoms with E-state index >= 15 is 0 Å². The molecule has 0 fully saturated rings. The molecule has 0 spiro atoms. The van der Waals surface area contributed by atoms with Gasteiger partial charge in [0.1, 0.15) is 10.7 Å². The first-order valence-electron chi connectivity index (χ1n) is 7.31. The summed E-state index contributed by atoms with van der Waals surface area (Å²) in [4.78, 5) is 33.3. The number of carbonyl (C=O) groups is 1. The first-order chi connectivity index (χ1) is 10.9. The molecule has 2 aromatic heterocycles. The second-order valence-corrected chi connectivity index (χ2v) is 7.75. The highest BCUT2D eigenvalue weighted by atomic mass is 32.2. The normalized spacial score (nSPS) is 12.5. The SMILES string of the molecule is COCCNC(=O)[C@H](C)SCc1nc2sc(C)c(C)c2c(=O)[nH]1.